The lowest BCUT2D eigenvalue weighted by Crippen LogP contribution is -2.46. The number of nitrogens with one attached hydrogen (secondary N) is 2. The highest BCUT2D eigenvalue weighted by molar-refractivity contribution is 7.99. The largest absolute Gasteiger partial charge is 0.354 e. The topological polar surface area (TPSA) is 87.5 Å². The number of amides is 1. The van der Waals surface area contributed by atoms with Gasteiger partial charge in [0, 0.05) is 57.1 Å². The van der Waals surface area contributed by atoms with E-state index in [-0.39, 0.29) is 5.91 Å². The third-order valence-corrected chi connectivity index (χ3v) is 6.66. The van der Waals surface area contributed by atoms with Gasteiger partial charge in [-0.2, -0.15) is 4.98 Å². The molecule has 0 spiro atoms. The Bertz CT molecular complexity index is 1070. The first-order valence-electron chi connectivity index (χ1n) is 11.1. The third kappa shape index (κ3) is 5.65. The minimum Gasteiger partial charge on any atom is -0.354 e. The van der Waals surface area contributed by atoms with Crippen molar-refractivity contribution in [2.45, 2.75) is 32.3 Å². The van der Waals surface area contributed by atoms with Gasteiger partial charge in [0.15, 0.2) is 0 Å². The molecular weight excluding hydrogens is 422 g/mol. The Morgan fingerprint density at radius 3 is 2.62 bits per heavy atom. The van der Waals surface area contributed by atoms with Crippen LogP contribution in [0.5, 0.6) is 0 Å². The standard InChI is InChI=1S/C23H31N7OS/c1-16-4-6-19(7-5-16)14-20-17(2)26-22-27-23(28-30(22)18(20)3)32-15-21(31)25-10-13-29-11-8-24-9-12-29/h4-7,24H,8-15H2,1-3H3,(H,25,31). The van der Waals surface area contributed by atoms with Crippen LogP contribution in [0, 0.1) is 20.8 Å². The van der Waals surface area contributed by atoms with Crippen LogP contribution in [0.2, 0.25) is 0 Å². The molecule has 2 N–H and O–H groups in total. The van der Waals surface area contributed by atoms with E-state index < -0.39 is 0 Å². The Morgan fingerprint density at radius 1 is 1.12 bits per heavy atom. The van der Waals surface area contributed by atoms with E-state index in [0.29, 0.717) is 23.2 Å². The molecule has 32 heavy (non-hydrogen) atoms. The van der Waals surface area contributed by atoms with Crippen LogP contribution < -0.4 is 10.6 Å². The molecule has 8 nitrogen and oxygen atoms in total. The summed E-state index contributed by atoms with van der Waals surface area (Å²) in [4.78, 5) is 23.8. The van der Waals surface area contributed by atoms with Gasteiger partial charge in [-0.05, 0) is 31.9 Å². The van der Waals surface area contributed by atoms with Gasteiger partial charge in [0.25, 0.3) is 5.78 Å². The van der Waals surface area contributed by atoms with E-state index in [9.17, 15) is 4.79 Å². The van der Waals surface area contributed by atoms with Crippen molar-refractivity contribution in [3.05, 3.63) is 52.3 Å². The van der Waals surface area contributed by atoms with E-state index in [4.69, 9.17) is 0 Å². The fraction of sp³-hybridized carbons (Fsp3) is 0.478. The zero-order chi connectivity index (χ0) is 22.5. The van der Waals surface area contributed by atoms with Crippen LogP contribution in [0.1, 0.15) is 28.1 Å². The summed E-state index contributed by atoms with van der Waals surface area (Å²) in [6.07, 6.45) is 0.804. The highest BCUT2D eigenvalue weighted by Gasteiger charge is 2.15. The smallest absolute Gasteiger partial charge is 0.253 e. The maximum absolute atomic E-state index is 12.2. The fourth-order valence-electron chi connectivity index (χ4n) is 3.89. The van der Waals surface area contributed by atoms with Gasteiger partial charge in [-0.3, -0.25) is 9.69 Å². The number of nitrogens with zero attached hydrogens (tertiary/aromatic N) is 5. The van der Waals surface area contributed by atoms with Gasteiger partial charge < -0.3 is 10.6 Å². The average Bonchev–Trinajstić information content (AvgIpc) is 3.20. The molecule has 1 saturated heterocycles. The normalized spacial score (nSPS) is 14.7. The van der Waals surface area contributed by atoms with Crippen molar-refractivity contribution in [2.75, 3.05) is 45.0 Å². The number of carbonyl (C=O) groups excluding carboxylic acids is 1. The number of rotatable bonds is 8. The Hall–Kier alpha value is -2.49. The van der Waals surface area contributed by atoms with Gasteiger partial charge in [-0.1, -0.05) is 41.6 Å². The second kappa shape index (κ2) is 10.4. The molecular formula is C23H31N7OS. The van der Waals surface area contributed by atoms with Crippen LogP contribution in [-0.2, 0) is 11.2 Å². The molecule has 3 aromatic rings. The van der Waals surface area contributed by atoms with Crippen LogP contribution in [0.15, 0.2) is 29.4 Å². The summed E-state index contributed by atoms with van der Waals surface area (Å²) >= 11 is 1.35. The Balaban J connectivity index is 1.36. The minimum absolute atomic E-state index is 0.00455. The van der Waals surface area contributed by atoms with Gasteiger partial charge in [0.1, 0.15) is 0 Å². The number of thioether (sulfide) groups is 1. The van der Waals surface area contributed by atoms with Crippen molar-refractivity contribution >= 4 is 23.4 Å². The molecule has 1 fully saturated rings. The van der Waals surface area contributed by atoms with Gasteiger partial charge in [0.2, 0.25) is 11.1 Å². The maximum Gasteiger partial charge on any atom is 0.253 e. The van der Waals surface area contributed by atoms with Crippen molar-refractivity contribution in [2.24, 2.45) is 0 Å². The number of benzene rings is 1. The molecule has 170 valence electrons. The van der Waals surface area contributed by atoms with Crippen LogP contribution in [0.4, 0.5) is 0 Å². The number of aryl methyl sites for hydroxylation is 3. The van der Waals surface area contributed by atoms with E-state index in [1.807, 2.05) is 6.92 Å². The van der Waals surface area contributed by atoms with E-state index in [1.165, 1.54) is 22.9 Å². The van der Waals surface area contributed by atoms with Crippen LogP contribution in [0.25, 0.3) is 5.78 Å². The molecule has 1 aromatic carbocycles. The molecule has 3 heterocycles. The van der Waals surface area contributed by atoms with E-state index in [0.717, 1.165) is 56.1 Å². The number of aromatic nitrogens is 4. The molecule has 2 aromatic heterocycles. The summed E-state index contributed by atoms with van der Waals surface area (Å²) in [5, 5.41) is 11.5. The Kier molecular flexibility index (Phi) is 7.39. The summed E-state index contributed by atoms with van der Waals surface area (Å²) in [5.41, 5.74) is 5.66. The lowest BCUT2D eigenvalue weighted by molar-refractivity contribution is -0.118. The first-order chi connectivity index (χ1) is 15.5. The molecule has 0 atom stereocenters. The molecule has 0 bridgehead atoms. The van der Waals surface area contributed by atoms with Gasteiger partial charge in [0.05, 0.1) is 5.75 Å². The molecule has 4 rings (SSSR count). The summed E-state index contributed by atoms with van der Waals surface area (Å²) in [7, 11) is 0. The monoisotopic (exact) mass is 453 g/mol. The van der Waals surface area contributed by atoms with Crippen molar-refractivity contribution in [3.8, 4) is 0 Å². The molecule has 1 aliphatic rings. The quantitative estimate of drug-likeness (QED) is 0.503. The Morgan fingerprint density at radius 2 is 1.88 bits per heavy atom. The number of fused-ring (bicyclic) bond motifs is 1. The molecule has 9 heteroatoms. The lowest BCUT2D eigenvalue weighted by atomic mass is 10.0. The van der Waals surface area contributed by atoms with Crippen molar-refractivity contribution in [1.29, 1.82) is 0 Å². The maximum atomic E-state index is 12.2. The predicted octanol–water partition coefficient (Wildman–Crippen LogP) is 1.75. The molecule has 0 unspecified atom stereocenters. The van der Waals surface area contributed by atoms with Gasteiger partial charge in [-0.25, -0.2) is 9.50 Å². The molecule has 1 aliphatic heterocycles. The first kappa shape index (κ1) is 22.7. The fourth-order valence-corrected chi connectivity index (χ4v) is 4.53. The van der Waals surface area contributed by atoms with Crippen molar-refractivity contribution < 1.29 is 4.79 Å². The number of hydrogen-bond donors (Lipinski definition) is 2. The van der Waals surface area contributed by atoms with Crippen molar-refractivity contribution in [1.82, 2.24) is 35.1 Å². The third-order valence-electron chi connectivity index (χ3n) is 5.82. The summed E-state index contributed by atoms with van der Waals surface area (Å²) in [6.45, 7) is 11.8. The van der Waals surface area contributed by atoms with Crippen LogP contribution in [0.3, 0.4) is 0 Å². The second-order valence-corrected chi connectivity index (χ2v) is 9.20. The molecule has 0 saturated carbocycles. The Labute approximate surface area is 193 Å². The van der Waals surface area contributed by atoms with Gasteiger partial charge in [-0.15, -0.1) is 5.10 Å². The van der Waals surface area contributed by atoms with Gasteiger partial charge >= 0.3 is 0 Å². The zero-order valence-corrected chi connectivity index (χ0v) is 19.8. The molecule has 0 radical (unpaired) electrons. The van der Waals surface area contributed by atoms with E-state index in [2.05, 4.69) is 68.7 Å². The first-order valence-corrected chi connectivity index (χ1v) is 12.1. The molecule has 1 amide bonds. The number of piperazine rings is 1. The second-order valence-electron chi connectivity index (χ2n) is 8.26. The number of hydrogen-bond acceptors (Lipinski definition) is 7. The van der Waals surface area contributed by atoms with E-state index in [1.54, 1.807) is 4.52 Å². The highest BCUT2D eigenvalue weighted by atomic mass is 32.2. The zero-order valence-electron chi connectivity index (χ0n) is 19.0. The van der Waals surface area contributed by atoms with Crippen LogP contribution in [-0.4, -0.2) is 75.4 Å². The highest BCUT2D eigenvalue weighted by Crippen LogP contribution is 2.20. The SMILES string of the molecule is Cc1ccc(Cc2c(C)nc3nc(SCC(=O)NCCN4CCNCC4)nn3c2C)cc1. The van der Waals surface area contributed by atoms with E-state index >= 15 is 0 Å². The minimum atomic E-state index is 0.00455. The predicted molar refractivity (Wildman–Crippen MR) is 127 cm³/mol. The van der Waals surface area contributed by atoms with Crippen molar-refractivity contribution in [3.63, 3.8) is 0 Å². The molecule has 0 aliphatic carbocycles. The van der Waals surface area contributed by atoms with Crippen LogP contribution >= 0.6 is 11.8 Å². The summed E-state index contributed by atoms with van der Waals surface area (Å²) < 4.78 is 1.79. The lowest BCUT2D eigenvalue weighted by Gasteiger charge is -2.27. The summed E-state index contributed by atoms with van der Waals surface area (Å²) in [6, 6.07) is 8.57. The summed E-state index contributed by atoms with van der Waals surface area (Å²) in [5.74, 6) is 0.881. The number of carbonyl (C=O) groups is 1. The average molecular weight is 454 g/mol.